The molecule has 0 radical (unpaired) electrons. The first kappa shape index (κ1) is 14.1. The molecule has 3 amide bonds. The second-order valence-corrected chi connectivity index (χ2v) is 5.32. The van der Waals surface area contributed by atoms with Gasteiger partial charge in [0.05, 0.1) is 11.1 Å². The molecule has 0 atom stereocenters. The number of imide groups is 1. The van der Waals surface area contributed by atoms with Gasteiger partial charge in [0.15, 0.2) is 0 Å². The van der Waals surface area contributed by atoms with E-state index in [1.165, 1.54) is 0 Å². The molecule has 100 valence electrons. The molecular formula is C12H11BrN2O3S. The van der Waals surface area contributed by atoms with Crippen molar-refractivity contribution in [3.63, 3.8) is 0 Å². The van der Waals surface area contributed by atoms with E-state index in [1.807, 2.05) is 0 Å². The van der Waals surface area contributed by atoms with Crippen molar-refractivity contribution in [1.82, 2.24) is 10.2 Å². The molecule has 0 aliphatic carbocycles. The molecule has 0 aromatic heterocycles. The average Bonchev–Trinajstić information content (AvgIpc) is 2.61. The molecule has 2 rings (SSSR count). The first-order valence-electron chi connectivity index (χ1n) is 5.58. The summed E-state index contributed by atoms with van der Waals surface area (Å²) in [7, 11) is 0. The van der Waals surface area contributed by atoms with Crippen molar-refractivity contribution in [3.05, 3.63) is 33.8 Å². The van der Waals surface area contributed by atoms with Gasteiger partial charge in [0.25, 0.3) is 11.8 Å². The zero-order valence-electron chi connectivity index (χ0n) is 9.85. The van der Waals surface area contributed by atoms with E-state index in [1.54, 1.807) is 18.2 Å². The maximum absolute atomic E-state index is 12.1. The van der Waals surface area contributed by atoms with Crippen LogP contribution in [0.1, 0.15) is 20.7 Å². The summed E-state index contributed by atoms with van der Waals surface area (Å²) >= 11 is 7.21. The number of benzene rings is 1. The minimum atomic E-state index is -0.442. The van der Waals surface area contributed by atoms with Crippen LogP contribution in [0.2, 0.25) is 0 Å². The van der Waals surface area contributed by atoms with E-state index in [2.05, 4.69) is 33.9 Å². The van der Waals surface area contributed by atoms with Gasteiger partial charge in [-0.1, -0.05) is 15.9 Å². The first-order valence-corrected chi connectivity index (χ1v) is 7.00. The molecule has 7 heteroatoms. The lowest BCUT2D eigenvalue weighted by Gasteiger charge is -2.13. The highest BCUT2D eigenvalue weighted by atomic mass is 79.9. The van der Waals surface area contributed by atoms with Crippen LogP contribution in [0.3, 0.4) is 0 Å². The maximum atomic E-state index is 12.1. The molecule has 1 aromatic rings. The van der Waals surface area contributed by atoms with Gasteiger partial charge in [0, 0.05) is 16.8 Å². The van der Waals surface area contributed by atoms with Crippen molar-refractivity contribution in [2.24, 2.45) is 0 Å². The van der Waals surface area contributed by atoms with E-state index >= 15 is 0 Å². The van der Waals surface area contributed by atoms with Gasteiger partial charge in [0.1, 0.15) is 6.54 Å². The summed E-state index contributed by atoms with van der Waals surface area (Å²) in [6.45, 7) is 0.133. The van der Waals surface area contributed by atoms with Crippen LogP contribution in [0.4, 0.5) is 0 Å². The standard InChI is InChI=1S/C12H11BrN2O3S/c13-7-1-2-8-9(5-7)12(18)15(11(8)17)6-10(16)14-3-4-19/h1-2,5,19H,3-4,6H2,(H,14,16). The van der Waals surface area contributed by atoms with Crippen LogP contribution in [0.25, 0.3) is 0 Å². The number of carbonyl (C=O) groups is 3. The Bertz CT molecular complexity index is 562. The van der Waals surface area contributed by atoms with Crippen molar-refractivity contribution < 1.29 is 14.4 Å². The summed E-state index contributed by atoms with van der Waals surface area (Å²) in [5, 5.41) is 2.57. The monoisotopic (exact) mass is 342 g/mol. The third-order valence-electron chi connectivity index (χ3n) is 2.67. The molecule has 1 heterocycles. The number of carbonyl (C=O) groups excluding carboxylic acids is 3. The number of nitrogens with zero attached hydrogens (tertiary/aromatic N) is 1. The Morgan fingerprint density at radius 1 is 1.26 bits per heavy atom. The highest BCUT2D eigenvalue weighted by Gasteiger charge is 2.36. The molecule has 1 N–H and O–H groups in total. The average molecular weight is 343 g/mol. The second-order valence-electron chi connectivity index (χ2n) is 3.96. The van der Waals surface area contributed by atoms with Crippen molar-refractivity contribution >= 4 is 46.3 Å². The SMILES string of the molecule is O=C(CN1C(=O)c2ccc(Br)cc2C1=O)NCCS. The predicted molar refractivity (Wildman–Crippen MR) is 76.4 cm³/mol. The highest BCUT2D eigenvalue weighted by Crippen LogP contribution is 2.25. The maximum Gasteiger partial charge on any atom is 0.262 e. The molecule has 0 spiro atoms. The van der Waals surface area contributed by atoms with Gasteiger partial charge in [-0.25, -0.2) is 0 Å². The summed E-state index contributed by atoms with van der Waals surface area (Å²) in [5.41, 5.74) is 0.650. The number of nitrogens with one attached hydrogen (secondary N) is 1. The van der Waals surface area contributed by atoms with E-state index in [-0.39, 0.29) is 12.5 Å². The Balaban J connectivity index is 2.16. The molecule has 0 saturated carbocycles. The molecule has 0 unspecified atom stereocenters. The summed E-state index contributed by atoms with van der Waals surface area (Å²) < 4.78 is 0.716. The van der Waals surface area contributed by atoms with Gasteiger partial charge >= 0.3 is 0 Å². The summed E-state index contributed by atoms with van der Waals surface area (Å²) in [6.07, 6.45) is 0. The van der Waals surface area contributed by atoms with Crippen molar-refractivity contribution in [2.45, 2.75) is 0 Å². The summed E-state index contributed by atoms with van der Waals surface area (Å²) in [4.78, 5) is 36.6. The van der Waals surface area contributed by atoms with Crippen LogP contribution in [-0.2, 0) is 4.79 Å². The van der Waals surface area contributed by atoms with E-state index in [0.717, 1.165) is 4.90 Å². The second kappa shape index (κ2) is 5.75. The molecular weight excluding hydrogens is 332 g/mol. The van der Waals surface area contributed by atoms with Crippen LogP contribution in [-0.4, -0.2) is 41.5 Å². The number of hydrogen-bond acceptors (Lipinski definition) is 4. The largest absolute Gasteiger partial charge is 0.354 e. The summed E-state index contributed by atoms with van der Waals surface area (Å²) in [5.74, 6) is -0.751. The number of amides is 3. The Kier molecular flexibility index (Phi) is 4.26. The number of thiol groups is 1. The van der Waals surface area contributed by atoms with Crippen LogP contribution in [0.5, 0.6) is 0 Å². The molecule has 19 heavy (non-hydrogen) atoms. The Morgan fingerprint density at radius 3 is 2.63 bits per heavy atom. The third kappa shape index (κ3) is 2.82. The zero-order chi connectivity index (χ0) is 14.0. The third-order valence-corrected chi connectivity index (χ3v) is 3.39. The van der Waals surface area contributed by atoms with Crippen LogP contribution in [0, 0.1) is 0 Å². The predicted octanol–water partition coefficient (Wildman–Crippen LogP) is 1.09. The van der Waals surface area contributed by atoms with E-state index in [9.17, 15) is 14.4 Å². The van der Waals surface area contributed by atoms with Gasteiger partial charge in [-0.2, -0.15) is 12.6 Å². The van der Waals surface area contributed by atoms with Crippen LogP contribution >= 0.6 is 28.6 Å². The number of fused-ring (bicyclic) bond motifs is 1. The highest BCUT2D eigenvalue weighted by molar-refractivity contribution is 9.10. The van der Waals surface area contributed by atoms with Gasteiger partial charge < -0.3 is 5.32 Å². The normalized spacial score (nSPS) is 13.7. The van der Waals surface area contributed by atoms with Crippen molar-refractivity contribution in [2.75, 3.05) is 18.8 Å². The Hall–Kier alpha value is -1.34. The molecule has 0 bridgehead atoms. The Morgan fingerprint density at radius 2 is 1.95 bits per heavy atom. The molecule has 0 saturated heterocycles. The van der Waals surface area contributed by atoms with Gasteiger partial charge in [-0.3, -0.25) is 19.3 Å². The summed E-state index contributed by atoms with van der Waals surface area (Å²) in [6, 6.07) is 4.85. The van der Waals surface area contributed by atoms with Gasteiger partial charge in [-0.15, -0.1) is 0 Å². The van der Waals surface area contributed by atoms with E-state index in [0.29, 0.717) is 27.9 Å². The Labute approximate surface area is 123 Å². The fourth-order valence-electron chi connectivity index (χ4n) is 1.80. The first-order chi connectivity index (χ1) is 9.04. The zero-order valence-corrected chi connectivity index (χ0v) is 12.3. The molecule has 5 nitrogen and oxygen atoms in total. The fraction of sp³-hybridized carbons (Fsp3) is 0.250. The minimum Gasteiger partial charge on any atom is -0.354 e. The van der Waals surface area contributed by atoms with Crippen LogP contribution in [0.15, 0.2) is 22.7 Å². The topological polar surface area (TPSA) is 66.5 Å². The molecule has 1 aliphatic rings. The van der Waals surface area contributed by atoms with E-state index in [4.69, 9.17) is 0 Å². The lowest BCUT2D eigenvalue weighted by molar-refractivity contribution is -0.121. The van der Waals surface area contributed by atoms with Crippen LogP contribution < -0.4 is 5.32 Å². The lowest BCUT2D eigenvalue weighted by Crippen LogP contribution is -2.40. The van der Waals surface area contributed by atoms with Gasteiger partial charge in [0.2, 0.25) is 5.91 Å². The molecule has 1 aliphatic heterocycles. The lowest BCUT2D eigenvalue weighted by atomic mass is 10.1. The van der Waals surface area contributed by atoms with Gasteiger partial charge in [-0.05, 0) is 18.2 Å². The van der Waals surface area contributed by atoms with Crippen molar-refractivity contribution in [1.29, 1.82) is 0 Å². The smallest absolute Gasteiger partial charge is 0.262 e. The molecule has 0 fully saturated rings. The molecule has 1 aromatic carbocycles. The number of halogens is 1. The minimum absolute atomic E-state index is 0.266. The fourth-order valence-corrected chi connectivity index (χ4v) is 2.27. The van der Waals surface area contributed by atoms with Crippen molar-refractivity contribution in [3.8, 4) is 0 Å². The quantitative estimate of drug-likeness (QED) is 0.635. The number of rotatable bonds is 4. The van der Waals surface area contributed by atoms with E-state index < -0.39 is 11.8 Å². The number of hydrogen-bond donors (Lipinski definition) is 2.